The Labute approximate surface area is 468 Å². The smallest absolute Gasteiger partial charge is 0.0998 e. The van der Waals surface area contributed by atoms with Gasteiger partial charge in [0.2, 0.25) is 0 Å². The van der Waals surface area contributed by atoms with Crippen molar-refractivity contribution in [2.75, 3.05) is 0 Å². The first-order chi connectivity index (χ1) is 40.1. The van der Waals surface area contributed by atoms with Gasteiger partial charge in [-0.25, -0.2) is 0 Å². The zero-order valence-corrected chi connectivity index (χ0v) is 42.7. The molecule has 0 N–H and O–H groups in total. The fourth-order valence-electron chi connectivity index (χ4n) is 11.0. The molecule has 0 bridgehead atoms. The van der Waals surface area contributed by atoms with Crippen molar-refractivity contribution in [3.8, 4) is 128 Å². The highest BCUT2D eigenvalue weighted by Gasteiger charge is 2.25. The molecule has 0 saturated carbocycles. The number of fused-ring (bicyclic) bond motifs is 6. The highest BCUT2D eigenvalue weighted by atomic mass is 15.1. The number of rotatable bonds is 7. The van der Waals surface area contributed by atoms with E-state index in [2.05, 4.69) is 69.8 Å². The molecule has 12 heteroatoms. The average molecular weight is 1040 g/mol. The van der Waals surface area contributed by atoms with E-state index in [0.29, 0.717) is 139 Å². The summed E-state index contributed by atoms with van der Waals surface area (Å²) in [6.45, 7) is 0. The van der Waals surface area contributed by atoms with Crippen LogP contribution in [-0.4, -0.2) is 9.13 Å². The van der Waals surface area contributed by atoms with E-state index >= 15 is 0 Å². The van der Waals surface area contributed by atoms with Gasteiger partial charge in [-0.15, -0.1) is 0 Å². The lowest BCUT2D eigenvalue weighted by atomic mass is 9.96. The van der Waals surface area contributed by atoms with E-state index in [-0.39, 0.29) is 5.56 Å². The number of hydrogen-bond acceptors (Lipinski definition) is 10. The van der Waals surface area contributed by atoms with Crippen LogP contribution in [0.2, 0.25) is 0 Å². The van der Waals surface area contributed by atoms with Gasteiger partial charge in [0.15, 0.2) is 0 Å². The van der Waals surface area contributed by atoms with E-state index in [1.54, 1.807) is 66.7 Å². The van der Waals surface area contributed by atoms with Crippen LogP contribution in [0.4, 0.5) is 0 Å². The molecule has 10 aromatic carbocycles. The molecular weight excluding hydrogens is 1010 g/mol. The lowest BCUT2D eigenvalue weighted by molar-refractivity contribution is 1.09. The van der Waals surface area contributed by atoms with Crippen LogP contribution in [0.3, 0.4) is 0 Å². The summed E-state index contributed by atoms with van der Waals surface area (Å²) in [7, 11) is 0. The second-order valence-corrected chi connectivity index (χ2v) is 19.4. The van der Waals surface area contributed by atoms with Crippen molar-refractivity contribution in [1.82, 2.24) is 9.13 Å². The summed E-state index contributed by atoms with van der Waals surface area (Å²) >= 11 is 0. The van der Waals surface area contributed by atoms with Gasteiger partial charge in [-0.2, -0.15) is 52.6 Å². The van der Waals surface area contributed by atoms with Crippen molar-refractivity contribution >= 4 is 43.6 Å². The molecule has 0 atom stereocenters. The standard InChI is InChI=1S/C70H30N12/c71-31-41-2-1-3-54(16-41)64-30-70(82-67-27-52(57-21-46(36-76)14-47(22-57)37-77)6-10-62(67)63-11-7-53(28-68(63)82)58-23-48(38-78)15-49(24-58)39-79)69(29-59(64)40-80)81-65-25-50(55-17-42(32-72)12-43(18-55)33-73)4-8-60(65)61-9-5-51(26-66(61)81)56-19-44(34-74)13-45(20-56)35-75/h1-30H. The van der Waals surface area contributed by atoms with Gasteiger partial charge in [-0.3, -0.25) is 0 Å². The molecular formula is C70H30N12. The minimum absolute atomic E-state index is 0.258. The van der Waals surface area contributed by atoms with Crippen LogP contribution in [0.1, 0.15) is 55.6 Å². The number of nitriles is 10. The Morgan fingerprint density at radius 3 is 0.780 bits per heavy atom. The number of hydrogen-bond donors (Lipinski definition) is 0. The topological polar surface area (TPSA) is 248 Å². The molecule has 82 heavy (non-hydrogen) atoms. The predicted molar refractivity (Wildman–Crippen MR) is 309 cm³/mol. The molecule has 0 aliphatic carbocycles. The minimum atomic E-state index is 0.258. The second-order valence-electron chi connectivity index (χ2n) is 19.4. The average Bonchev–Trinajstić information content (AvgIpc) is 3.48. The molecule has 370 valence electrons. The van der Waals surface area contributed by atoms with E-state index < -0.39 is 0 Å². The Bertz CT molecular complexity index is 4910. The molecule has 0 radical (unpaired) electrons. The van der Waals surface area contributed by atoms with Crippen LogP contribution >= 0.6 is 0 Å². The van der Waals surface area contributed by atoms with Crippen molar-refractivity contribution in [2.24, 2.45) is 0 Å². The van der Waals surface area contributed by atoms with Gasteiger partial charge in [0.1, 0.15) is 0 Å². The summed E-state index contributed by atoms with van der Waals surface area (Å²) < 4.78 is 4.14. The van der Waals surface area contributed by atoms with Crippen LogP contribution in [0.25, 0.3) is 111 Å². The maximum absolute atomic E-state index is 11.4. The Hall–Kier alpha value is -13.3. The Morgan fingerprint density at radius 1 is 0.220 bits per heavy atom. The zero-order chi connectivity index (χ0) is 56.8. The summed E-state index contributed by atoms with van der Waals surface area (Å²) in [6, 6.07) is 76.3. The van der Waals surface area contributed by atoms with Gasteiger partial charge in [0.05, 0.1) is 150 Å². The van der Waals surface area contributed by atoms with Crippen LogP contribution in [-0.2, 0) is 0 Å². The highest BCUT2D eigenvalue weighted by molar-refractivity contribution is 6.14. The van der Waals surface area contributed by atoms with E-state index in [1.165, 1.54) is 24.3 Å². The number of aromatic nitrogens is 2. The molecule has 12 rings (SSSR count). The summed E-state index contributed by atoms with van der Waals surface area (Å²) in [5, 5.41) is 106. The molecule has 2 aromatic heterocycles. The molecule has 0 unspecified atom stereocenters. The quantitative estimate of drug-likeness (QED) is 0.146. The third kappa shape index (κ3) is 8.44. The molecule has 0 amide bonds. The Balaban J connectivity index is 1.28. The summed E-state index contributed by atoms with van der Waals surface area (Å²) in [6.07, 6.45) is 0. The normalized spacial score (nSPS) is 10.6. The van der Waals surface area contributed by atoms with Gasteiger partial charge in [0, 0.05) is 27.1 Å². The Kier molecular flexibility index (Phi) is 12.1. The first kappa shape index (κ1) is 49.6. The SMILES string of the molecule is N#Cc1cc(C#N)cc(-c2ccc3c4ccc(-c5cc(C#N)cc(C#N)c5)cc4n(-c4cc(C#N)c(-c5cccc(C#N)c5)cc4-n4c5cc(-c6cc(C#N)cc(C#N)c6)ccc5c5ccc(-c6cc(C#N)cc(C#N)c6)cc54)c3c2)c1. The molecule has 12 aromatic rings. The minimum Gasteiger partial charge on any atom is -0.307 e. The lowest BCUT2D eigenvalue weighted by Crippen LogP contribution is -2.06. The molecule has 2 heterocycles. The number of nitrogens with zero attached hydrogens (tertiary/aromatic N) is 12. The van der Waals surface area contributed by atoms with Crippen molar-refractivity contribution in [3.63, 3.8) is 0 Å². The predicted octanol–water partition coefficient (Wildman–Crippen LogP) is 14.9. The Morgan fingerprint density at radius 2 is 0.500 bits per heavy atom. The summed E-state index contributed by atoms with van der Waals surface area (Å²) in [5.41, 5.74) is 13.0. The lowest BCUT2D eigenvalue weighted by Gasteiger charge is -2.20. The van der Waals surface area contributed by atoms with Gasteiger partial charge in [0.25, 0.3) is 0 Å². The maximum atomic E-state index is 11.4. The van der Waals surface area contributed by atoms with Crippen molar-refractivity contribution < 1.29 is 0 Å². The third-order valence-electron chi connectivity index (χ3n) is 14.7. The van der Waals surface area contributed by atoms with Crippen molar-refractivity contribution in [2.45, 2.75) is 0 Å². The van der Waals surface area contributed by atoms with Crippen molar-refractivity contribution in [1.29, 1.82) is 52.6 Å². The highest BCUT2D eigenvalue weighted by Crippen LogP contribution is 2.45. The van der Waals surface area contributed by atoms with Crippen LogP contribution < -0.4 is 0 Å². The molecule has 0 aliphatic heterocycles. The molecule has 0 spiro atoms. The van der Waals surface area contributed by atoms with Gasteiger partial charge < -0.3 is 9.13 Å². The molecule has 0 aliphatic rings. The number of benzene rings is 10. The van der Waals surface area contributed by atoms with Crippen LogP contribution in [0.15, 0.2) is 182 Å². The summed E-state index contributed by atoms with van der Waals surface area (Å²) in [5.74, 6) is 0. The molecule has 0 fully saturated rings. The summed E-state index contributed by atoms with van der Waals surface area (Å²) in [4.78, 5) is 0. The van der Waals surface area contributed by atoms with Crippen molar-refractivity contribution in [3.05, 3.63) is 238 Å². The van der Waals surface area contributed by atoms with Gasteiger partial charge in [-0.1, -0.05) is 60.7 Å². The maximum Gasteiger partial charge on any atom is 0.0998 e. The second kappa shape index (κ2) is 20.0. The van der Waals surface area contributed by atoms with E-state index in [9.17, 15) is 52.6 Å². The van der Waals surface area contributed by atoms with E-state index in [1.807, 2.05) is 91.0 Å². The monoisotopic (exact) mass is 1040 g/mol. The van der Waals surface area contributed by atoms with Crippen LogP contribution in [0.5, 0.6) is 0 Å². The van der Waals surface area contributed by atoms with E-state index in [4.69, 9.17) is 0 Å². The fraction of sp³-hybridized carbons (Fsp3) is 0. The van der Waals surface area contributed by atoms with Gasteiger partial charge >= 0.3 is 0 Å². The van der Waals surface area contributed by atoms with E-state index in [0.717, 1.165) is 21.5 Å². The third-order valence-corrected chi connectivity index (χ3v) is 14.7. The molecule has 0 saturated heterocycles. The zero-order valence-electron chi connectivity index (χ0n) is 42.7. The largest absolute Gasteiger partial charge is 0.307 e. The first-order valence-electron chi connectivity index (χ1n) is 25.2. The fourth-order valence-corrected chi connectivity index (χ4v) is 11.0. The molecule has 12 nitrogen and oxygen atoms in total. The first-order valence-corrected chi connectivity index (χ1v) is 25.2. The van der Waals surface area contributed by atoms with Crippen LogP contribution in [0, 0.1) is 113 Å². The van der Waals surface area contributed by atoms with Gasteiger partial charge in [-0.05, 0) is 171 Å².